The van der Waals surface area contributed by atoms with Gasteiger partial charge < -0.3 is 19.6 Å². The van der Waals surface area contributed by atoms with E-state index in [4.69, 9.17) is 19.6 Å². The van der Waals surface area contributed by atoms with Crippen molar-refractivity contribution in [3.05, 3.63) is 31.3 Å². The van der Waals surface area contributed by atoms with Gasteiger partial charge in [0.05, 0.1) is 0 Å². The lowest BCUT2D eigenvalue weighted by Gasteiger charge is -2.07. The van der Waals surface area contributed by atoms with Crippen LogP contribution in [0.1, 0.15) is 0 Å². The molecule has 0 aliphatic carbocycles. The topological polar surface area (TPSA) is 208 Å². The second-order valence-corrected chi connectivity index (χ2v) is 6.39. The van der Waals surface area contributed by atoms with Crippen LogP contribution in [-0.4, -0.2) is 38.2 Å². The Morgan fingerprint density at radius 3 is 1.60 bits per heavy atom. The van der Waals surface area contributed by atoms with Crippen molar-refractivity contribution in [1.29, 1.82) is 0 Å². The van der Waals surface area contributed by atoms with E-state index in [1.807, 2.05) is 0 Å². The summed E-state index contributed by atoms with van der Waals surface area (Å²) in [5.41, 5.74) is -6.43. The fourth-order valence-electron chi connectivity index (χ4n) is 1.55. The third kappa shape index (κ3) is 2.12. The van der Waals surface area contributed by atoms with Gasteiger partial charge in [0.25, 0.3) is 5.56 Å². The van der Waals surface area contributed by atoms with E-state index in [9.17, 15) is 23.5 Å². The summed E-state index contributed by atoms with van der Waals surface area (Å²) in [4.78, 5) is 73.7. The van der Waals surface area contributed by atoms with Crippen LogP contribution in [0.25, 0.3) is 11.2 Å². The molecule has 0 saturated heterocycles. The molecule has 6 N–H and O–H groups in total. The van der Waals surface area contributed by atoms with Crippen LogP contribution in [0.15, 0.2) is 14.4 Å². The highest BCUT2D eigenvalue weighted by Gasteiger charge is 2.30. The van der Waals surface area contributed by atoms with Crippen LogP contribution >= 0.6 is 15.5 Å². The molecule has 2 rings (SSSR count). The molecule has 2 heterocycles. The van der Waals surface area contributed by atoms with Gasteiger partial charge in [-0.15, -0.1) is 0 Å². The zero-order valence-electron chi connectivity index (χ0n) is 9.12. The molecule has 0 amide bonds. The highest BCUT2D eigenvalue weighted by molar-refractivity contribution is 7.50. The molecule has 0 aliphatic heterocycles. The van der Waals surface area contributed by atoms with Gasteiger partial charge in [-0.3, -0.25) is 14.8 Å². The maximum atomic E-state index is 11.8. The number of aromatic nitrogens is 4. The Labute approximate surface area is 106 Å². The van der Waals surface area contributed by atoms with Gasteiger partial charge in [0.2, 0.25) is 0 Å². The maximum absolute atomic E-state index is 11.8. The smallest absolute Gasteiger partial charge is 0.308 e. The van der Waals surface area contributed by atoms with Gasteiger partial charge in [-0.25, -0.2) is 18.7 Å². The summed E-state index contributed by atoms with van der Waals surface area (Å²) in [5.74, 6) is 0. The van der Waals surface area contributed by atoms with Gasteiger partial charge in [0.1, 0.15) is 5.65 Å². The average molecular weight is 328 g/mol. The van der Waals surface area contributed by atoms with E-state index in [1.54, 1.807) is 9.97 Å². The Hall–Kier alpha value is -1.75. The van der Waals surface area contributed by atoms with Crippen molar-refractivity contribution >= 4 is 26.7 Å². The standard InChI is InChI=1S/C5H6N4O9P2/c10-3-1-2(6-4(11)8(1)19(13,14)15)7-5(12)9(3)20(16,17)18/h(H,6,11)(H,7,12)(H2,13,14,15)(H2,16,17,18). The Balaban J connectivity index is 3.18. The number of rotatable bonds is 2. The van der Waals surface area contributed by atoms with Crippen LogP contribution in [0.5, 0.6) is 0 Å². The van der Waals surface area contributed by atoms with Crippen LogP contribution in [0.4, 0.5) is 0 Å². The average Bonchev–Trinajstić information content (AvgIpc) is 2.51. The normalized spacial score (nSPS) is 13.0. The molecule has 0 radical (unpaired) electrons. The molecule has 2 aromatic heterocycles. The van der Waals surface area contributed by atoms with Gasteiger partial charge in [-0.05, 0) is 0 Å². The molecule has 0 fully saturated rings. The Morgan fingerprint density at radius 2 is 1.20 bits per heavy atom. The van der Waals surface area contributed by atoms with Crippen LogP contribution in [-0.2, 0) is 9.13 Å². The predicted molar refractivity (Wildman–Crippen MR) is 62.3 cm³/mol. The van der Waals surface area contributed by atoms with Crippen molar-refractivity contribution < 1.29 is 28.7 Å². The molecular formula is C5H6N4O9P2. The van der Waals surface area contributed by atoms with E-state index in [1.165, 1.54) is 0 Å². The van der Waals surface area contributed by atoms with Crippen LogP contribution in [0.2, 0.25) is 0 Å². The van der Waals surface area contributed by atoms with Crippen LogP contribution < -0.4 is 16.9 Å². The molecule has 13 nitrogen and oxygen atoms in total. The number of nitrogens with one attached hydrogen (secondary N) is 2. The monoisotopic (exact) mass is 328 g/mol. The van der Waals surface area contributed by atoms with Gasteiger partial charge in [-0.2, -0.15) is 8.68 Å². The van der Waals surface area contributed by atoms with Crippen molar-refractivity contribution in [1.82, 2.24) is 18.6 Å². The molecule has 0 spiro atoms. The zero-order valence-corrected chi connectivity index (χ0v) is 10.9. The number of fused-ring (bicyclic) bond motifs is 1. The van der Waals surface area contributed by atoms with Gasteiger partial charge in [0.15, 0.2) is 5.52 Å². The van der Waals surface area contributed by atoms with Gasteiger partial charge in [0, 0.05) is 0 Å². The molecule has 2 aromatic rings. The van der Waals surface area contributed by atoms with E-state index in [0.717, 1.165) is 0 Å². The van der Waals surface area contributed by atoms with Crippen LogP contribution in [0.3, 0.4) is 0 Å². The molecule has 0 aliphatic rings. The minimum absolute atomic E-state index is 0.299. The number of nitrogens with zero attached hydrogens (tertiary/aromatic N) is 2. The minimum atomic E-state index is -5.38. The maximum Gasteiger partial charge on any atom is 0.440 e. The second kappa shape index (κ2) is 4.12. The minimum Gasteiger partial charge on any atom is -0.308 e. The Kier molecular flexibility index (Phi) is 3.02. The van der Waals surface area contributed by atoms with E-state index >= 15 is 0 Å². The van der Waals surface area contributed by atoms with E-state index in [-0.39, 0.29) is 4.34 Å². The van der Waals surface area contributed by atoms with Gasteiger partial charge >= 0.3 is 26.9 Å². The summed E-state index contributed by atoms with van der Waals surface area (Å²) >= 11 is 0. The Morgan fingerprint density at radius 1 is 0.800 bits per heavy atom. The highest BCUT2D eigenvalue weighted by atomic mass is 31.2. The van der Waals surface area contributed by atoms with Gasteiger partial charge in [-0.1, -0.05) is 0 Å². The lowest BCUT2D eigenvalue weighted by molar-refractivity contribution is 0.354. The molecule has 0 saturated carbocycles. The molecular weight excluding hydrogens is 322 g/mol. The fraction of sp³-hybridized carbons (Fsp3) is 0. The number of hydrogen-bond donors (Lipinski definition) is 6. The molecule has 15 heteroatoms. The van der Waals surface area contributed by atoms with Crippen molar-refractivity contribution in [2.75, 3.05) is 0 Å². The summed E-state index contributed by atoms with van der Waals surface area (Å²) in [6, 6.07) is 0. The fourth-order valence-corrected chi connectivity index (χ4v) is 2.90. The Bertz CT molecular complexity index is 963. The first-order valence-electron chi connectivity index (χ1n) is 4.57. The van der Waals surface area contributed by atoms with Crippen molar-refractivity contribution in [3.8, 4) is 0 Å². The lowest BCUT2D eigenvalue weighted by Crippen LogP contribution is -2.34. The molecule has 0 unspecified atom stereocenters. The first-order valence-corrected chi connectivity index (χ1v) is 7.70. The predicted octanol–water partition coefficient (Wildman–Crippen LogP) is -2.94. The van der Waals surface area contributed by atoms with E-state index in [2.05, 4.69) is 0 Å². The summed E-state index contributed by atoms with van der Waals surface area (Å²) in [5, 5.41) is 0. The quantitative estimate of drug-likeness (QED) is 0.311. The third-order valence-corrected chi connectivity index (χ3v) is 4.00. The number of imidazole rings is 1. The lowest BCUT2D eigenvalue weighted by atomic mass is 10.5. The number of aromatic amines is 2. The first kappa shape index (κ1) is 14.7. The molecule has 0 atom stereocenters. The molecule has 20 heavy (non-hydrogen) atoms. The SMILES string of the molecule is O=c1[nH]c2[nH]c(=O)n(P(=O)(O)O)c2c(=O)n1P(=O)(O)O. The number of H-pyrrole nitrogens is 2. The number of hydrogen-bond acceptors (Lipinski definition) is 5. The van der Waals surface area contributed by atoms with E-state index < -0.39 is 47.9 Å². The summed E-state index contributed by atoms with van der Waals surface area (Å²) < 4.78 is 21.3. The molecule has 0 bridgehead atoms. The summed E-state index contributed by atoms with van der Waals surface area (Å²) in [6.45, 7) is 0. The molecule has 110 valence electrons. The summed E-state index contributed by atoms with van der Waals surface area (Å²) in [7, 11) is -10.7. The van der Waals surface area contributed by atoms with E-state index in [0.29, 0.717) is 0 Å². The largest absolute Gasteiger partial charge is 0.440 e. The first-order chi connectivity index (χ1) is 8.94. The van der Waals surface area contributed by atoms with Crippen molar-refractivity contribution in [3.63, 3.8) is 0 Å². The molecule has 0 aromatic carbocycles. The summed E-state index contributed by atoms with van der Waals surface area (Å²) in [6.07, 6.45) is 0. The van der Waals surface area contributed by atoms with Crippen LogP contribution in [0, 0.1) is 0 Å². The second-order valence-electron chi connectivity index (χ2n) is 3.54. The highest BCUT2D eigenvalue weighted by Crippen LogP contribution is 2.37. The third-order valence-electron chi connectivity index (χ3n) is 2.21. The zero-order chi connectivity index (χ0) is 15.5. The van der Waals surface area contributed by atoms with Crippen molar-refractivity contribution in [2.45, 2.75) is 0 Å². The van der Waals surface area contributed by atoms with Crippen molar-refractivity contribution in [2.24, 2.45) is 0 Å².